The molecule has 0 radical (unpaired) electrons. The number of phenolic OH excluding ortho intramolecular Hbond substituents is 1. The molecule has 392 valence electrons. The van der Waals surface area contributed by atoms with Crippen LogP contribution in [0.15, 0.2) is 24.3 Å². The first-order valence-corrected chi connectivity index (χ1v) is 21.6. The Morgan fingerprint density at radius 3 is 1.46 bits per heavy atom. The van der Waals surface area contributed by atoms with Gasteiger partial charge < -0.3 is 95.1 Å². The van der Waals surface area contributed by atoms with Gasteiger partial charge in [-0.25, -0.2) is 4.79 Å². The summed E-state index contributed by atoms with van der Waals surface area (Å²) >= 11 is 0. The monoisotopic (exact) mass is 999 g/mol. The first kappa shape index (κ1) is 61.0. The van der Waals surface area contributed by atoms with E-state index in [0.717, 1.165) is 13.8 Å². The van der Waals surface area contributed by atoms with Crippen molar-refractivity contribution in [2.45, 2.75) is 121 Å². The van der Waals surface area contributed by atoms with Crippen LogP contribution in [-0.2, 0) is 59.2 Å². The van der Waals surface area contributed by atoms with E-state index in [4.69, 9.17) is 11.5 Å². The number of aliphatic hydroxyl groups is 5. The number of nitrogens with one attached hydrogen (secondary N) is 9. The number of primary amides is 1. The minimum absolute atomic E-state index is 0.110. The summed E-state index contributed by atoms with van der Waals surface area (Å²) in [6.45, 7) is 2.81. The van der Waals surface area contributed by atoms with Crippen molar-refractivity contribution >= 4 is 65.0 Å². The predicted molar refractivity (Wildman–Crippen MR) is 239 cm³/mol. The van der Waals surface area contributed by atoms with Crippen LogP contribution >= 0.6 is 0 Å². The highest BCUT2D eigenvalue weighted by molar-refractivity contribution is 5.98. The fraction of sp³-hybridized carbons (Fsp3) is 0.585. The van der Waals surface area contributed by atoms with Crippen molar-refractivity contribution in [3.63, 3.8) is 0 Å². The number of carboxylic acids is 1. The Labute approximate surface area is 400 Å². The molecule has 0 heterocycles. The summed E-state index contributed by atoms with van der Waals surface area (Å²) in [6, 6.07) is -8.05. The minimum Gasteiger partial charge on any atom is -0.508 e. The lowest BCUT2D eigenvalue weighted by atomic mass is 9.97. The van der Waals surface area contributed by atoms with Crippen LogP contribution in [-0.4, -0.2) is 194 Å². The summed E-state index contributed by atoms with van der Waals surface area (Å²) in [4.78, 5) is 140. The third-order valence-corrected chi connectivity index (χ3v) is 10.3. The molecule has 0 spiro atoms. The molecule has 0 unspecified atom stereocenters. The van der Waals surface area contributed by atoms with Gasteiger partial charge in [-0.15, -0.1) is 0 Å². The van der Waals surface area contributed by atoms with E-state index in [1.165, 1.54) is 31.2 Å². The molecule has 0 saturated heterocycles. The average Bonchev–Trinajstić information content (AvgIpc) is 3.29. The van der Waals surface area contributed by atoms with Crippen molar-refractivity contribution in [2.75, 3.05) is 26.3 Å². The molecule has 70 heavy (non-hydrogen) atoms. The summed E-state index contributed by atoms with van der Waals surface area (Å²) in [6.07, 6.45) is -5.40. The zero-order valence-corrected chi connectivity index (χ0v) is 39.0. The standard InChI is InChI=1S/C41H65N11O18/c1-6-17(2)31(50-37(65)30(43)18(3)55)38(66)52-33(20(5)57)40(68)49-25(15-53)34(62)45-13-28(60)44-14-29(61)46-26(16-54)36(64)51-32(19(4)56)39(67)47-23(12-27(42)59)35(63)48-24(41(69)70)11-21-7-9-22(58)10-8-21/h7-10,17-20,23-26,30-33,53-58H,6,11-16,43H2,1-5H3,(H2,42,59)(H,44,60)(H,45,62)(H,46,61)(H,47,67)(H,48,63)(H,49,68)(H,50,65)(H,51,64)(H,52,66)(H,69,70)/t17-,18+,19+,20+,23-,24-,25-,26-,30-,31-,32-,33-/m0/s1. The number of nitrogens with two attached hydrogens (primary N) is 2. The van der Waals surface area contributed by atoms with Crippen molar-refractivity contribution in [3.05, 3.63) is 29.8 Å². The largest absolute Gasteiger partial charge is 0.508 e. The van der Waals surface area contributed by atoms with Gasteiger partial charge in [0.15, 0.2) is 0 Å². The summed E-state index contributed by atoms with van der Waals surface area (Å²) in [5.41, 5.74) is 11.3. The number of amides is 10. The number of aromatic hydroxyl groups is 1. The molecule has 0 aliphatic carbocycles. The van der Waals surface area contributed by atoms with E-state index in [1.54, 1.807) is 13.8 Å². The van der Waals surface area contributed by atoms with Gasteiger partial charge in [0.25, 0.3) is 0 Å². The van der Waals surface area contributed by atoms with Crippen LogP contribution in [0.4, 0.5) is 0 Å². The molecule has 20 N–H and O–H groups in total. The molecule has 29 nitrogen and oxygen atoms in total. The summed E-state index contributed by atoms with van der Waals surface area (Å²) in [7, 11) is 0. The Morgan fingerprint density at radius 1 is 0.543 bits per heavy atom. The van der Waals surface area contributed by atoms with E-state index in [-0.39, 0.29) is 12.2 Å². The minimum atomic E-state index is -1.93. The Morgan fingerprint density at radius 2 is 0.986 bits per heavy atom. The number of rotatable bonds is 30. The fourth-order valence-electron chi connectivity index (χ4n) is 5.92. The summed E-state index contributed by atoms with van der Waals surface area (Å²) < 4.78 is 0. The topological polar surface area (TPSA) is 490 Å². The molecule has 12 atom stereocenters. The van der Waals surface area contributed by atoms with Crippen LogP contribution in [0, 0.1) is 5.92 Å². The van der Waals surface area contributed by atoms with Crippen molar-refractivity contribution in [2.24, 2.45) is 17.4 Å². The van der Waals surface area contributed by atoms with Gasteiger partial charge in [-0.3, -0.25) is 47.9 Å². The van der Waals surface area contributed by atoms with Crippen molar-refractivity contribution in [1.82, 2.24) is 47.9 Å². The van der Waals surface area contributed by atoms with E-state index in [0.29, 0.717) is 12.0 Å². The van der Waals surface area contributed by atoms with Crippen LogP contribution < -0.4 is 59.3 Å². The first-order valence-electron chi connectivity index (χ1n) is 21.6. The molecule has 0 aliphatic rings. The third kappa shape index (κ3) is 20.7. The second-order valence-corrected chi connectivity index (χ2v) is 16.1. The fourth-order valence-corrected chi connectivity index (χ4v) is 5.92. The van der Waals surface area contributed by atoms with Gasteiger partial charge in [0.05, 0.1) is 51.0 Å². The van der Waals surface area contributed by atoms with Crippen molar-refractivity contribution in [1.29, 1.82) is 0 Å². The highest BCUT2D eigenvalue weighted by Gasteiger charge is 2.36. The SMILES string of the molecule is CC[C@H](C)[C@H](NC(=O)[C@@H](N)[C@@H](C)O)C(=O)N[C@H](C(=O)N[C@@H](CO)C(=O)NCC(=O)NCC(=O)N[C@@H](CO)C(=O)N[C@H](C(=O)N[C@@H](CC(N)=O)C(=O)N[C@@H](Cc1ccc(O)cc1)C(=O)O)[C@@H](C)O)[C@@H](C)O. The van der Waals surface area contributed by atoms with Crippen LogP contribution in [0.5, 0.6) is 5.75 Å². The lowest BCUT2D eigenvalue weighted by Crippen LogP contribution is -2.62. The molecule has 1 aromatic rings. The second-order valence-electron chi connectivity index (χ2n) is 16.1. The lowest BCUT2D eigenvalue weighted by Gasteiger charge is -2.29. The van der Waals surface area contributed by atoms with Gasteiger partial charge in [-0.2, -0.15) is 0 Å². The maximum absolute atomic E-state index is 13.2. The average molecular weight is 1000 g/mol. The number of hydrogen-bond donors (Lipinski definition) is 18. The molecule has 1 aromatic carbocycles. The number of carboxylic acid groups (broad SMARTS) is 1. The smallest absolute Gasteiger partial charge is 0.326 e. The predicted octanol–water partition coefficient (Wildman–Crippen LogP) is -8.98. The molecule has 0 bridgehead atoms. The number of hydrogen-bond acceptors (Lipinski definition) is 18. The van der Waals surface area contributed by atoms with Crippen LogP contribution in [0.3, 0.4) is 0 Å². The zero-order chi connectivity index (χ0) is 53.6. The van der Waals surface area contributed by atoms with Crippen molar-refractivity contribution < 1.29 is 88.5 Å². The molecule has 0 aromatic heterocycles. The molecule has 0 fully saturated rings. The van der Waals surface area contributed by atoms with Gasteiger partial charge >= 0.3 is 5.97 Å². The van der Waals surface area contributed by atoms with E-state index in [2.05, 4.69) is 42.5 Å². The normalized spacial score (nSPS) is 16.2. The number of aliphatic carboxylic acids is 1. The van der Waals surface area contributed by atoms with Crippen LogP contribution in [0.25, 0.3) is 0 Å². The van der Waals surface area contributed by atoms with E-state index in [1.807, 2.05) is 5.32 Å². The first-order chi connectivity index (χ1) is 32.7. The maximum atomic E-state index is 13.2. The zero-order valence-electron chi connectivity index (χ0n) is 39.0. The van der Waals surface area contributed by atoms with Crippen molar-refractivity contribution in [3.8, 4) is 5.75 Å². The molecule has 1 rings (SSSR count). The Bertz CT molecular complexity index is 2000. The van der Waals surface area contributed by atoms with Gasteiger partial charge in [0, 0.05) is 6.42 Å². The molecular weight excluding hydrogens is 935 g/mol. The second kappa shape index (κ2) is 29.8. The maximum Gasteiger partial charge on any atom is 0.326 e. The molecule has 10 amide bonds. The number of carbonyl (C=O) groups is 11. The third-order valence-electron chi connectivity index (χ3n) is 10.3. The van der Waals surface area contributed by atoms with Gasteiger partial charge in [-0.05, 0) is 44.4 Å². The van der Waals surface area contributed by atoms with Crippen LogP contribution in [0.2, 0.25) is 0 Å². The summed E-state index contributed by atoms with van der Waals surface area (Å²) in [5, 5.41) is 88.5. The van der Waals surface area contributed by atoms with Gasteiger partial charge in [0.1, 0.15) is 54.1 Å². The molecule has 0 saturated carbocycles. The molecule has 0 aliphatic heterocycles. The van der Waals surface area contributed by atoms with E-state index >= 15 is 0 Å². The Kier molecular flexibility index (Phi) is 25.9. The number of benzene rings is 1. The Hall–Kier alpha value is -7.05. The highest BCUT2D eigenvalue weighted by Crippen LogP contribution is 2.13. The summed E-state index contributed by atoms with van der Waals surface area (Å²) in [5.74, 6) is -13.3. The van der Waals surface area contributed by atoms with E-state index in [9.17, 15) is 88.5 Å². The van der Waals surface area contributed by atoms with E-state index < -0.39 is 170 Å². The number of phenols is 1. The van der Waals surface area contributed by atoms with Gasteiger partial charge in [0.2, 0.25) is 59.1 Å². The van der Waals surface area contributed by atoms with Crippen LogP contribution in [0.1, 0.15) is 53.0 Å². The molecular formula is C41H65N11O18. The molecule has 29 heteroatoms. The lowest BCUT2D eigenvalue weighted by molar-refractivity contribution is -0.142. The van der Waals surface area contributed by atoms with Gasteiger partial charge in [-0.1, -0.05) is 32.4 Å². The highest BCUT2D eigenvalue weighted by atomic mass is 16.4. The Balaban J connectivity index is 2.88. The quantitative estimate of drug-likeness (QED) is 0.0340. The number of aliphatic hydroxyl groups excluding tert-OH is 5. The number of carbonyl (C=O) groups excluding carboxylic acids is 10.